The van der Waals surface area contributed by atoms with E-state index in [0.717, 1.165) is 87.1 Å². The lowest BCUT2D eigenvalue weighted by Crippen LogP contribution is -2.22. The van der Waals surface area contributed by atoms with Crippen LogP contribution in [-0.2, 0) is 32.8 Å². The summed E-state index contributed by atoms with van der Waals surface area (Å²) in [7, 11) is 5.63. The van der Waals surface area contributed by atoms with E-state index in [0.29, 0.717) is 36.0 Å². The molecule has 5 aromatic rings. The van der Waals surface area contributed by atoms with Crippen molar-refractivity contribution in [3.05, 3.63) is 93.3 Å². The zero-order chi connectivity index (χ0) is 35.4. The lowest BCUT2D eigenvalue weighted by Gasteiger charge is -2.27. The number of thioether (sulfide) groups is 1. The van der Waals surface area contributed by atoms with Crippen molar-refractivity contribution >= 4 is 63.3 Å². The zero-order valence-electron chi connectivity index (χ0n) is 28.8. The first-order valence-corrected chi connectivity index (χ1v) is 18.2. The molecule has 0 amide bonds. The number of hydrazone groups is 1. The van der Waals surface area contributed by atoms with Gasteiger partial charge in [-0.1, -0.05) is 17.7 Å². The van der Waals surface area contributed by atoms with Gasteiger partial charge in [-0.3, -0.25) is 9.69 Å². The molecule has 12 heteroatoms. The number of halogens is 2. The standard InChI is InChI=1S/C38H42ClFN6O3S/c1-5-42-46-15-7-6-9-27(46)20-33-34(39)14-13-32-31(37(38(47)48)44(3)36(32)33)10-8-16-49-35-21-29(18-24-17-25(40)11-12-30(24)35)50-23-26-19-28(22-41-2)45(4)43-26/h5,11-14,17-21,41H,6-10,15-16,22-23H2,1-4H3,(H,47,48)/b27-20+,42-5+. The van der Waals surface area contributed by atoms with Gasteiger partial charge in [0, 0.05) is 71.1 Å². The first-order valence-electron chi connectivity index (χ1n) is 16.8. The number of rotatable bonds is 13. The van der Waals surface area contributed by atoms with Crippen LogP contribution in [0.2, 0.25) is 5.02 Å². The van der Waals surface area contributed by atoms with Crippen molar-refractivity contribution in [1.29, 1.82) is 0 Å². The third-order valence-corrected chi connectivity index (χ3v) is 10.4. The van der Waals surface area contributed by atoms with Crippen molar-refractivity contribution in [1.82, 2.24) is 24.7 Å². The molecule has 3 aromatic carbocycles. The van der Waals surface area contributed by atoms with E-state index in [2.05, 4.69) is 27.7 Å². The Morgan fingerprint density at radius 3 is 2.76 bits per heavy atom. The minimum absolute atomic E-state index is 0.237. The van der Waals surface area contributed by atoms with Crippen molar-refractivity contribution in [2.75, 3.05) is 20.2 Å². The van der Waals surface area contributed by atoms with E-state index in [4.69, 9.17) is 16.3 Å². The third kappa shape index (κ3) is 7.55. The van der Waals surface area contributed by atoms with Crippen molar-refractivity contribution in [3.8, 4) is 5.75 Å². The summed E-state index contributed by atoms with van der Waals surface area (Å²) in [6.07, 6.45) is 7.88. The molecule has 1 aliphatic heterocycles. The van der Waals surface area contributed by atoms with E-state index in [9.17, 15) is 14.3 Å². The molecule has 9 nitrogen and oxygen atoms in total. The van der Waals surface area contributed by atoms with E-state index >= 15 is 0 Å². The first kappa shape index (κ1) is 35.5. The fourth-order valence-electron chi connectivity index (χ4n) is 6.78. The number of aromatic nitrogens is 3. The van der Waals surface area contributed by atoms with Gasteiger partial charge in [-0.25, -0.2) is 9.18 Å². The summed E-state index contributed by atoms with van der Waals surface area (Å²) in [6.45, 7) is 3.80. The van der Waals surface area contributed by atoms with Crippen LogP contribution in [0, 0.1) is 5.82 Å². The normalized spacial score (nSPS) is 14.5. The highest BCUT2D eigenvalue weighted by Crippen LogP contribution is 2.37. The van der Waals surface area contributed by atoms with Crippen LogP contribution in [0.4, 0.5) is 4.39 Å². The van der Waals surface area contributed by atoms with Gasteiger partial charge in [0.15, 0.2) is 0 Å². The number of aromatic carboxylic acids is 1. The highest BCUT2D eigenvalue weighted by molar-refractivity contribution is 7.98. The molecule has 1 aliphatic rings. The SMILES string of the molecule is C/C=N/N1CCCC/C1=C\c1c(Cl)ccc2c(CCCOc3cc(SCc4cc(CNC)n(C)n4)cc4cc(F)ccc34)c(C(=O)O)n(C)c12. The molecule has 2 N–H and O–H groups in total. The van der Waals surface area contributed by atoms with Crippen molar-refractivity contribution in [2.45, 2.75) is 56.2 Å². The second kappa shape index (κ2) is 15.7. The van der Waals surface area contributed by atoms with E-state index in [-0.39, 0.29) is 11.5 Å². The highest BCUT2D eigenvalue weighted by Gasteiger charge is 2.24. The number of ether oxygens (including phenoxy) is 1. The average Bonchev–Trinajstić information content (AvgIpc) is 3.59. The largest absolute Gasteiger partial charge is 0.493 e. The van der Waals surface area contributed by atoms with Gasteiger partial charge in [0.2, 0.25) is 0 Å². The van der Waals surface area contributed by atoms with Gasteiger partial charge in [0.05, 0.1) is 23.5 Å². The third-order valence-electron chi connectivity index (χ3n) is 9.05. The summed E-state index contributed by atoms with van der Waals surface area (Å²) < 4.78 is 24.3. The Kier molecular flexibility index (Phi) is 11.2. The molecule has 0 bridgehead atoms. The number of benzene rings is 3. The number of nitrogens with one attached hydrogen (secondary N) is 1. The van der Waals surface area contributed by atoms with E-state index in [1.165, 1.54) is 12.1 Å². The van der Waals surface area contributed by atoms with E-state index in [1.54, 1.807) is 35.7 Å². The molecule has 1 saturated heterocycles. The number of hydrogen-bond donors (Lipinski definition) is 2. The van der Waals surface area contributed by atoms with Crippen molar-refractivity contribution in [3.63, 3.8) is 0 Å². The summed E-state index contributed by atoms with van der Waals surface area (Å²) in [5.41, 5.74) is 5.67. The predicted octanol–water partition coefficient (Wildman–Crippen LogP) is 8.41. The molecule has 0 atom stereocenters. The van der Waals surface area contributed by atoms with Gasteiger partial charge in [0.25, 0.3) is 0 Å². The van der Waals surface area contributed by atoms with Gasteiger partial charge in [-0.2, -0.15) is 10.2 Å². The van der Waals surface area contributed by atoms with Crippen molar-refractivity contribution in [2.24, 2.45) is 19.2 Å². The summed E-state index contributed by atoms with van der Waals surface area (Å²) >= 11 is 8.41. The molecule has 3 heterocycles. The fourth-order valence-corrected chi connectivity index (χ4v) is 7.84. The lowest BCUT2D eigenvalue weighted by molar-refractivity contribution is 0.0685. The molecular formula is C38H42ClFN6O3S. The molecule has 0 radical (unpaired) electrons. The molecule has 262 valence electrons. The zero-order valence-corrected chi connectivity index (χ0v) is 30.4. The number of aryl methyl sites for hydroxylation is 3. The van der Waals surface area contributed by atoms with Gasteiger partial charge < -0.3 is 19.7 Å². The average molecular weight is 717 g/mol. The summed E-state index contributed by atoms with van der Waals surface area (Å²) in [4.78, 5) is 13.6. The predicted molar refractivity (Wildman–Crippen MR) is 201 cm³/mol. The topological polar surface area (TPSA) is 96.9 Å². The number of hydrogen-bond acceptors (Lipinski definition) is 7. The van der Waals surface area contributed by atoms with Crippen LogP contribution in [0.25, 0.3) is 27.8 Å². The Morgan fingerprint density at radius 1 is 1.16 bits per heavy atom. The second-order valence-electron chi connectivity index (χ2n) is 12.4. The smallest absolute Gasteiger partial charge is 0.352 e. The maximum absolute atomic E-state index is 14.3. The minimum atomic E-state index is -0.993. The monoisotopic (exact) mass is 716 g/mol. The molecule has 1 fully saturated rings. The van der Waals surface area contributed by atoms with E-state index in [1.807, 2.05) is 55.0 Å². The molecule has 50 heavy (non-hydrogen) atoms. The van der Waals surface area contributed by atoms with Gasteiger partial charge >= 0.3 is 5.97 Å². The van der Waals surface area contributed by atoms with Gasteiger partial charge in [-0.15, -0.1) is 11.8 Å². The van der Waals surface area contributed by atoms with Crippen LogP contribution in [0.3, 0.4) is 0 Å². The number of carbonyl (C=O) groups is 1. The summed E-state index contributed by atoms with van der Waals surface area (Å²) in [5.74, 6) is 0.0101. The lowest BCUT2D eigenvalue weighted by atomic mass is 10.0. The van der Waals surface area contributed by atoms with Gasteiger partial charge in [0.1, 0.15) is 17.3 Å². The number of allylic oxidation sites excluding steroid dienone is 1. The Hall–Kier alpha value is -4.32. The number of nitrogens with zero attached hydrogens (tertiary/aromatic N) is 5. The van der Waals surface area contributed by atoms with Crippen LogP contribution < -0.4 is 10.1 Å². The Labute approximate surface area is 300 Å². The quantitative estimate of drug-likeness (QED) is 0.0718. The number of fused-ring (bicyclic) bond motifs is 2. The Balaban J connectivity index is 1.24. The fraction of sp³-hybridized carbons (Fsp3) is 0.342. The molecule has 0 unspecified atom stereocenters. The molecule has 0 saturated carbocycles. The minimum Gasteiger partial charge on any atom is -0.493 e. The number of piperidine rings is 1. The molecule has 0 spiro atoms. The molecule has 0 aliphatic carbocycles. The first-order chi connectivity index (χ1) is 24.2. The number of carboxylic acids is 1. The van der Waals surface area contributed by atoms with Gasteiger partial charge in [-0.05, 0) is 106 Å². The highest BCUT2D eigenvalue weighted by atomic mass is 35.5. The van der Waals surface area contributed by atoms with Crippen LogP contribution in [-0.4, -0.2) is 56.8 Å². The molecule has 2 aromatic heterocycles. The molecular weight excluding hydrogens is 675 g/mol. The summed E-state index contributed by atoms with van der Waals surface area (Å²) in [5, 5.41) is 27.7. The maximum Gasteiger partial charge on any atom is 0.352 e. The Bertz CT molecular complexity index is 2110. The van der Waals surface area contributed by atoms with Crippen LogP contribution in [0.15, 0.2) is 64.2 Å². The number of carboxylic acid groups (broad SMARTS) is 1. The molecule has 6 rings (SSSR count). The van der Waals surface area contributed by atoms with Crippen LogP contribution >= 0.6 is 23.4 Å². The van der Waals surface area contributed by atoms with Crippen molar-refractivity contribution < 1.29 is 19.0 Å². The van der Waals surface area contributed by atoms with E-state index < -0.39 is 5.97 Å². The van der Waals surface area contributed by atoms with Crippen LogP contribution in [0.5, 0.6) is 5.75 Å². The summed E-state index contributed by atoms with van der Waals surface area (Å²) in [6, 6.07) is 14.5. The van der Waals surface area contributed by atoms with Crippen LogP contribution in [0.1, 0.15) is 65.6 Å². The second-order valence-corrected chi connectivity index (χ2v) is 13.9. The Morgan fingerprint density at radius 2 is 1.98 bits per heavy atom. The maximum atomic E-state index is 14.3.